The minimum Gasteiger partial charge on any atom is -0.329 e. The van der Waals surface area contributed by atoms with Crippen molar-refractivity contribution < 1.29 is 12.8 Å². The lowest BCUT2D eigenvalue weighted by Gasteiger charge is -2.38. The SMILES string of the molecule is CN1CCN(S(=O)(=O)c2cccc(F)c2C#N)C(CN)C1. The number of hydrogen-bond donors (Lipinski definition) is 1. The van der Waals surface area contributed by atoms with Crippen molar-refractivity contribution in [3.05, 3.63) is 29.6 Å². The molecular weight excluding hydrogens is 295 g/mol. The highest BCUT2D eigenvalue weighted by atomic mass is 32.2. The van der Waals surface area contributed by atoms with E-state index in [1.807, 2.05) is 11.9 Å². The van der Waals surface area contributed by atoms with Gasteiger partial charge in [-0.2, -0.15) is 9.57 Å². The molecule has 2 rings (SSSR count). The molecule has 0 spiro atoms. The van der Waals surface area contributed by atoms with Crippen LogP contribution in [-0.2, 0) is 10.0 Å². The third-order valence-corrected chi connectivity index (χ3v) is 5.57. The predicted octanol–water partition coefficient (Wildman–Crippen LogP) is -0.0392. The van der Waals surface area contributed by atoms with Crippen LogP contribution in [0.25, 0.3) is 0 Å². The minimum atomic E-state index is -3.95. The van der Waals surface area contributed by atoms with Gasteiger partial charge in [0.1, 0.15) is 22.3 Å². The van der Waals surface area contributed by atoms with Crippen molar-refractivity contribution in [1.29, 1.82) is 5.26 Å². The highest BCUT2D eigenvalue weighted by Crippen LogP contribution is 2.25. The maximum atomic E-state index is 13.7. The summed E-state index contributed by atoms with van der Waals surface area (Å²) in [6.45, 7) is 1.50. The van der Waals surface area contributed by atoms with Gasteiger partial charge < -0.3 is 10.6 Å². The topological polar surface area (TPSA) is 90.4 Å². The van der Waals surface area contributed by atoms with Gasteiger partial charge in [0.15, 0.2) is 0 Å². The number of nitrogens with zero attached hydrogens (tertiary/aromatic N) is 3. The van der Waals surface area contributed by atoms with Crippen LogP contribution in [0.5, 0.6) is 0 Å². The van der Waals surface area contributed by atoms with Crippen LogP contribution >= 0.6 is 0 Å². The fraction of sp³-hybridized carbons (Fsp3) is 0.462. The van der Waals surface area contributed by atoms with E-state index in [0.717, 1.165) is 6.07 Å². The third-order valence-electron chi connectivity index (χ3n) is 3.58. The van der Waals surface area contributed by atoms with Crippen molar-refractivity contribution in [1.82, 2.24) is 9.21 Å². The first-order chi connectivity index (χ1) is 9.91. The zero-order valence-corrected chi connectivity index (χ0v) is 12.5. The molecule has 0 aromatic heterocycles. The Bertz CT molecular complexity index is 671. The molecule has 1 heterocycles. The molecule has 1 aromatic carbocycles. The lowest BCUT2D eigenvalue weighted by Crippen LogP contribution is -2.56. The zero-order chi connectivity index (χ0) is 15.6. The van der Waals surface area contributed by atoms with Crippen molar-refractivity contribution in [2.45, 2.75) is 10.9 Å². The molecule has 1 fully saturated rings. The standard InChI is InChI=1S/C13H17FN4O2S/c1-17-5-6-18(10(7-15)9-17)21(19,20)13-4-2-3-12(14)11(13)8-16/h2-4,10H,5-7,9,15H2,1H3. The largest absolute Gasteiger partial charge is 0.329 e. The molecule has 6 nitrogen and oxygen atoms in total. The number of rotatable bonds is 3. The lowest BCUT2D eigenvalue weighted by atomic mass is 10.2. The number of hydrogen-bond acceptors (Lipinski definition) is 5. The molecular formula is C13H17FN4O2S. The zero-order valence-electron chi connectivity index (χ0n) is 11.7. The van der Waals surface area contributed by atoms with Crippen LogP contribution in [-0.4, -0.2) is 56.9 Å². The van der Waals surface area contributed by atoms with Gasteiger partial charge in [0.25, 0.3) is 0 Å². The Kier molecular flexibility index (Phi) is 4.58. The highest BCUT2D eigenvalue weighted by molar-refractivity contribution is 7.89. The molecule has 114 valence electrons. The summed E-state index contributed by atoms with van der Waals surface area (Å²) >= 11 is 0. The van der Waals surface area contributed by atoms with Gasteiger partial charge in [0.05, 0.1) is 6.04 Å². The number of likely N-dealkylation sites (N-methyl/N-ethyl adjacent to an activating group) is 1. The van der Waals surface area contributed by atoms with Crippen LogP contribution in [0.3, 0.4) is 0 Å². The van der Waals surface area contributed by atoms with Gasteiger partial charge in [0, 0.05) is 26.2 Å². The number of benzene rings is 1. The number of sulfonamides is 1. The van der Waals surface area contributed by atoms with Crippen molar-refractivity contribution in [3.63, 3.8) is 0 Å². The van der Waals surface area contributed by atoms with Crippen molar-refractivity contribution in [2.75, 3.05) is 33.2 Å². The van der Waals surface area contributed by atoms with E-state index in [1.54, 1.807) is 6.07 Å². The molecule has 1 saturated heterocycles. The highest BCUT2D eigenvalue weighted by Gasteiger charge is 2.36. The molecule has 1 aliphatic heterocycles. The second kappa shape index (κ2) is 6.07. The molecule has 0 amide bonds. The molecule has 21 heavy (non-hydrogen) atoms. The smallest absolute Gasteiger partial charge is 0.244 e. The Balaban J connectivity index is 2.48. The molecule has 2 N–H and O–H groups in total. The summed E-state index contributed by atoms with van der Waals surface area (Å²) < 4.78 is 40.4. The van der Waals surface area contributed by atoms with Gasteiger partial charge in [0.2, 0.25) is 10.0 Å². The Morgan fingerprint density at radius 3 is 2.81 bits per heavy atom. The second-order valence-corrected chi connectivity index (χ2v) is 6.85. The fourth-order valence-electron chi connectivity index (χ4n) is 2.46. The Hall–Kier alpha value is -1.53. The van der Waals surface area contributed by atoms with Crippen LogP contribution in [0.15, 0.2) is 23.1 Å². The molecule has 1 unspecified atom stereocenters. The molecule has 0 saturated carbocycles. The Morgan fingerprint density at radius 2 is 2.19 bits per heavy atom. The fourth-order valence-corrected chi connectivity index (χ4v) is 4.23. The second-order valence-electron chi connectivity index (χ2n) is 4.99. The van der Waals surface area contributed by atoms with Crippen LogP contribution in [0.4, 0.5) is 4.39 Å². The first-order valence-electron chi connectivity index (χ1n) is 6.51. The van der Waals surface area contributed by atoms with E-state index < -0.39 is 21.4 Å². The van der Waals surface area contributed by atoms with Gasteiger partial charge in [-0.05, 0) is 19.2 Å². The van der Waals surface area contributed by atoms with Crippen LogP contribution in [0, 0.1) is 17.1 Å². The number of piperazine rings is 1. The predicted molar refractivity (Wildman–Crippen MR) is 75.3 cm³/mol. The van der Waals surface area contributed by atoms with E-state index in [2.05, 4.69) is 0 Å². The normalized spacial score (nSPS) is 21.1. The summed E-state index contributed by atoms with van der Waals surface area (Å²) in [5.41, 5.74) is 5.21. The monoisotopic (exact) mass is 312 g/mol. The van der Waals surface area contributed by atoms with E-state index in [4.69, 9.17) is 11.0 Å². The average molecular weight is 312 g/mol. The third kappa shape index (κ3) is 2.91. The molecule has 1 aliphatic rings. The van der Waals surface area contributed by atoms with Gasteiger partial charge in [-0.1, -0.05) is 6.07 Å². The van der Waals surface area contributed by atoms with E-state index in [9.17, 15) is 12.8 Å². The van der Waals surface area contributed by atoms with E-state index in [-0.39, 0.29) is 24.0 Å². The lowest BCUT2D eigenvalue weighted by molar-refractivity contribution is 0.164. The minimum absolute atomic E-state index is 0.167. The van der Waals surface area contributed by atoms with Crippen LogP contribution in [0.2, 0.25) is 0 Å². The first kappa shape index (κ1) is 15.9. The molecule has 8 heteroatoms. The molecule has 0 bridgehead atoms. The van der Waals surface area contributed by atoms with Crippen molar-refractivity contribution in [2.24, 2.45) is 5.73 Å². The summed E-state index contributed by atoms with van der Waals surface area (Å²) in [5.74, 6) is -0.836. The van der Waals surface area contributed by atoms with Gasteiger partial charge in [-0.15, -0.1) is 0 Å². The average Bonchev–Trinajstić information content (AvgIpc) is 2.46. The van der Waals surface area contributed by atoms with Gasteiger partial charge in [-0.3, -0.25) is 0 Å². The molecule has 1 aromatic rings. The molecule has 1 atom stereocenters. The maximum absolute atomic E-state index is 13.7. The summed E-state index contributed by atoms with van der Waals surface area (Å²) in [7, 11) is -2.06. The van der Waals surface area contributed by atoms with Gasteiger partial charge >= 0.3 is 0 Å². The van der Waals surface area contributed by atoms with E-state index in [0.29, 0.717) is 13.1 Å². The summed E-state index contributed by atoms with van der Waals surface area (Å²) in [4.78, 5) is 1.69. The molecule has 0 radical (unpaired) electrons. The van der Waals surface area contributed by atoms with Crippen molar-refractivity contribution in [3.8, 4) is 6.07 Å². The van der Waals surface area contributed by atoms with Crippen LogP contribution < -0.4 is 5.73 Å². The maximum Gasteiger partial charge on any atom is 0.244 e. The van der Waals surface area contributed by atoms with Crippen molar-refractivity contribution >= 4 is 10.0 Å². The Labute approximate surface area is 123 Å². The molecule has 0 aliphatic carbocycles. The van der Waals surface area contributed by atoms with Crippen LogP contribution in [0.1, 0.15) is 5.56 Å². The summed E-state index contributed by atoms with van der Waals surface area (Å²) in [6.07, 6.45) is 0. The quantitative estimate of drug-likeness (QED) is 0.846. The van der Waals surface area contributed by atoms with Gasteiger partial charge in [-0.25, -0.2) is 12.8 Å². The van der Waals surface area contributed by atoms with E-state index >= 15 is 0 Å². The summed E-state index contributed by atoms with van der Waals surface area (Å²) in [6, 6.07) is 4.86. The number of nitriles is 1. The van der Waals surface area contributed by atoms with E-state index in [1.165, 1.54) is 16.4 Å². The first-order valence-corrected chi connectivity index (χ1v) is 7.95. The summed E-state index contributed by atoms with van der Waals surface area (Å²) in [5, 5.41) is 9.02. The Morgan fingerprint density at radius 1 is 1.48 bits per heavy atom. The number of nitrogens with two attached hydrogens (primary N) is 1. The number of halogens is 1.